The molecule has 1 aliphatic rings. The molecule has 1 aliphatic carbocycles. The summed E-state index contributed by atoms with van der Waals surface area (Å²) in [6.07, 6.45) is 1.90. The van der Waals surface area contributed by atoms with Gasteiger partial charge in [0.25, 0.3) is 0 Å². The zero-order valence-corrected chi connectivity index (χ0v) is 13.8. The van der Waals surface area contributed by atoms with E-state index in [0.717, 1.165) is 25.2 Å². The van der Waals surface area contributed by atoms with Crippen LogP contribution in [0, 0.1) is 5.41 Å². The molecule has 0 bridgehead atoms. The number of carbonyl (C=O) groups is 1. The Hall–Kier alpha value is -1.39. The summed E-state index contributed by atoms with van der Waals surface area (Å²) in [6, 6.07) is 9.55. The zero-order valence-electron chi connectivity index (χ0n) is 13.8. The summed E-state index contributed by atoms with van der Waals surface area (Å²) in [5, 5.41) is 11.5. The Balaban J connectivity index is 2.31. The van der Waals surface area contributed by atoms with E-state index in [1.54, 1.807) is 0 Å². The van der Waals surface area contributed by atoms with Crippen molar-refractivity contribution in [3.8, 4) is 0 Å². The van der Waals surface area contributed by atoms with E-state index >= 15 is 0 Å². The van der Waals surface area contributed by atoms with Gasteiger partial charge in [-0.25, -0.2) is 0 Å². The summed E-state index contributed by atoms with van der Waals surface area (Å²) in [5.74, 6) is -0.293. The Labute approximate surface area is 133 Å². The Morgan fingerprint density at radius 2 is 1.86 bits per heavy atom. The van der Waals surface area contributed by atoms with Gasteiger partial charge in [0.05, 0.1) is 7.11 Å². The molecule has 4 nitrogen and oxygen atoms in total. The number of aliphatic hydroxyl groups is 1. The van der Waals surface area contributed by atoms with Crippen LogP contribution in [-0.2, 0) is 15.1 Å². The summed E-state index contributed by atoms with van der Waals surface area (Å²) in [7, 11) is 1.40. The number of nitrogens with zero attached hydrogens (tertiary/aromatic N) is 1. The minimum absolute atomic E-state index is 0.293. The van der Waals surface area contributed by atoms with E-state index in [2.05, 4.69) is 18.7 Å². The molecule has 0 heterocycles. The molecule has 0 aliphatic heterocycles. The van der Waals surface area contributed by atoms with Crippen LogP contribution in [-0.4, -0.2) is 42.7 Å². The highest BCUT2D eigenvalue weighted by Crippen LogP contribution is 2.60. The van der Waals surface area contributed by atoms with E-state index in [9.17, 15) is 9.90 Å². The lowest BCUT2D eigenvalue weighted by molar-refractivity contribution is -0.162. The van der Waals surface area contributed by atoms with Crippen molar-refractivity contribution in [2.75, 3.05) is 26.7 Å². The monoisotopic (exact) mass is 305 g/mol. The Morgan fingerprint density at radius 3 is 2.32 bits per heavy atom. The van der Waals surface area contributed by atoms with Gasteiger partial charge in [0.1, 0.15) is 11.0 Å². The smallest absolute Gasteiger partial charge is 0.315 e. The third-order valence-corrected chi connectivity index (χ3v) is 5.05. The van der Waals surface area contributed by atoms with Crippen molar-refractivity contribution in [2.24, 2.45) is 5.41 Å². The Bertz CT molecular complexity index is 494. The highest BCUT2D eigenvalue weighted by molar-refractivity contribution is 5.82. The first-order chi connectivity index (χ1) is 10.5. The van der Waals surface area contributed by atoms with Gasteiger partial charge in [0, 0.05) is 6.54 Å². The molecule has 1 N–H and O–H groups in total. The van der Waals surface area contributed by atoms with Gasteiger partial charge in [-0.05, 0) is 37.9 Å². The van der Waals surface area contributed by atoms with Crippen molar-refractivity contribution in [2.45, 2.75) is 38.7 Å². The minimum atomic E-state index is -1.16. The van der Waals surface area contributed by atoms with Gasteiger partial charge in [-0.15, -0.1) is 0 Å². The van der Waals surface area contributed by atoms with Crippen molar-refractivity contribution < 1.29 is 14.6 Å². The van der Waals surface area contributed by atoms with Gasteiger partial charge in [0.15, 0.2) is 0 Å². The highest BCUT2D eigenvalue weighted by atomic mass is 16.5. The Morgan fingerprint density at radius 1 is 1.27 bits per heavy atom. The molecule has 22 heavy (non-hydrogen) atoms. The van der Waals surface area contributed by atoms with Crippen molar-refractivity contribution in [1.82, 2.24) is 4.90 Å². The molecular weight excluding hydrogens is 278 g/mol. The summed E-state index contributed by atoms with van der Waals surface area (Å²) < 4.78 is 4.99. The third-order valence-electron chi connectivity index (χ3n) is 5.05. The van der Waals surface area contributed by atoms with Crippen LogP contribution < -0.4 is 0 Å². The number of hydrogen-bond donors (Lipinski definition) is 1. The van der Waals surface area contributed by atoms with Crippen LogP contribution in [0.25, 0.3) is 0 Å². The number of rotatable bonds is 8. The van der Waals surface area contributed by atoms with E-state index < -0.39 is 11.0 Å². The predicted molar refractivity (Wildman–Crippen MR) is 86.4 cm³/mol. The number of methoxy groups -OCH3 is 1. The third kappa shape index (κ3) is 2.90. The van der Waals surface area contributed by atoms with Crippen molar-refractivity contribution >= 4 is 5.97 Å². The first-order valence-corrected chi connectivity index (χ1v) is 8.12. The molecule has 0 radical (unpaired) electrons. The molecule has 0 aromatic heterocycles. The molecule has 1 atom stereocenters. The molecule has 1 aromatic rings. The molecule has 0 saturated heterocycles. The van der Waals surface area contributed by atoms with Gasteiger partial charge in [0.2, 0.25) is 0 Å². The predicted octanol–water partition coefficient (Wildman–Crippen LogP) is 2.56. The maximum absolute atomic E-state index is 12.3. The van der Waals surface area contributed by atoms with Gasteiger partial charge in [-0.2, -0.15) is 0 Å². The highest BCUT2D eigenvalue weighted by Gasteiger charge is 2.65. The van der Waals surface area contributed by atoms with Crippen LogP contribution in [0.3, 0.4) is 0 Å². The first-order valence-electron chi connectivity index (χ1n) is 8.12. The summed E-state index contributed by atoms with van der Waals surface area (Å²) in [6.45, 7) is 6.85. The van der Waals surface area contributed by atoms with Crippen LogP contribution in [0.4, 0.5) is 0 Å². The van der Waals surface area contributed by atoms with Crippen molar-refractivity contribution in [3.63, 3.8) is 0 Å². The van der Waals surface area contributed by atoms with Crippen LogP contribution in [0.1, 0.15) is 38.7 Å². The SMILES string of the molecule is CCN(CC)CCC(O)(c1ccccc1)C1(C(=O)OC)CC1. The number of ether oxygens (including phenoxy) is 1. The second-order valence-electron chi connectivity index (χ2n) is 6.08. The topological polar surface area (TPSA) is 49.8 Å². The lowest BCUT2D eigenvalue weighted by atomic mass is 9.76. The van der Waals surface area contributed by atoms with Gasteiger partial charge < -0.3 is 14.7 Å². The number of benzene rings is 1. The van der Waals surface area contributed by atoms with Gasteiger partial charge >= 0.3 is 5.97 Å². The molecule has 122 valence electrons. The second-order valence-corrected chi connectivity index (χ2v) is 6.08. The van der Waals surface area contributed by atoms with Gasteiger partial charge in [-0.1, -0.05) is 44.2 Å². The van der Waals surface area contributed by atoms with Crippen molar-refractivity contribution in [1.29, 1.82) is 0 Å². The molecular formula is C18H27NO3. The normalized spacial score (nSPS) is 18.8. The van der Waals surface area contributed by atoms with Crippen LogP contribution >= 0.6 is 0 Å². The molecule has 2 rings (SSSR count). The average Bonchev–Trinajstić information content (AvgIpc) is 3.38. The quantitative estimate of drug-likeness (QED) is 0.750. The molecule has 1 saturated carbocycles. The molecule has 4 heteroatoms. The minimum Gasteiger partial charge on any atom is -0.468 e. The summed E-state index contributed by atoms with van der Waals surface area (Å²) in [5.41, 5.74) is -1.13. The maximum Gasteiger partial charge on any atom is 0.315 e. The van der Waals surface area contributed by atoms with Crippen LogP contribution in [0.15, 0.2) is 30.3 Å². The molecule has 0 amide bonds. The number of carbonyl (C=O) groups excluding carboxylic acids is 1. The van der Waals surface area contributed by atoms with Gasteiger partial charge in [-0.3, -0.25) is 4.79 Å². The number of hydrogen-bond acceptors (Lipinski definition) is 4. The van der Waals surface area contributed by atoms with Crippen molar-refractivity contribution in [3.05, 3.63) is 35.9 Å². The van der Waals surface area contributed by atoms with E-state index in [4.69, 9.17) is 4.74 Å². The largest absolute Gasteiger partial charge is 0.468 e. The zero-order chi connectivity index (χ0) is 16.2. The first kappa shape index (κ1) is 17.0. The molecule has 1 fully saturated rings. The van der Waals surface area contributed by atoms with Crippen LogP contribution in [0.5, 0.6) is 0 Å². The van der Waals surface area contributed by atoms with E-state index in [0.29, 0.717) is 19.3 Å². The van der Waals surface area contributed by atoms with E-state index in [1.165, 1.54) is 7.11 Å². The summed E-state index contributed by atoms with van der Waals surface area (Å²) >= 11 is 0. The molecule has 1 unspecified atom stereocenters. The van der Waals surface area contributed by atoms with Crippen LogP contribution in [0.2, 0.25) is 0 Å². The molecule has 0 spiro atoms. The van der Waals surface area contributed by atoms with E-state index in [-0.39, 0.29) is 5.97 Å². The number of esters is 1. The fourth-order valence-corrected chi connectivity index (χ4v) is 3.34. The molecule has 1 aromatic carbocycles. The summed E-state index contributed by atoms with van der Waals surface area (Å²) in [4.78, 5) is 14.6. The average molecular weight is 305 g/mol. The lowest BCUT2D eigenvalue weighted by Gasteiger charge is -2.37. The lowest BCUT2D eigenvalue weighted by Crippen LogP contribution is -2.45. The second kappa shape index (κ2) is 6.80. The van der Waals surface area contributed by atoms with E-state index in [1.807, 2.05) is 30.3 Å². The standard InChI is InChI=1S/C18H27NO3/c1-4-19(5-2)14-13-18(21,15-9-7-6-8-10-15)17(11-12-17)16(20)22-3/h6-10,21H,4-5,11-14H2,1-3H3. The Kier molecular flexibility index (Phi) is 5.24. The fourth-order valence-electron chi connectivity index (χ4n) is 3.34. The fraction of sp³-hybridized carbons (Fsp3) is 0.611. The maximum atomic E-state index is 12.3.